The molecule has 0 spiro atoms. The van der Waals surface area contributed by atoms with E-state index in [0.717, 1.165) is 31.5 Å². The second kappa shape index (κ2) is 8.44. The third kappa shape index (κ3) is 3.87. The fourth-order valence-corrected chi connectivity index (χ4v) is 3.32. The Morgan fingerprint density at radius 1 is 0.964 bits per heavy atom. The van der Waals surface area contributed by atoms with E-state index in [-0.39, 0.29) is 18.1 Å². The molecule has 3 aromatic carbocycles. The highest BCUT2D eigenvalue weighted by Crippen LogP contribution is 2.36. The third-order valence-corrected chi connectivity index (χ3v) is 4.92. The van der Waals surface area contributed by atoms with Crippen LogP contribution < -0.4 is 17.1 Å². The molecule has 0 radical (unpaired) electrons. The largest absolute Gasteiger partial charge is 1.00 e. The van der Waals surface area contributed by atoms with Crippen molar-refractivity contribution in [3.05, 3.63) is 86.7 Å². The minimum absolute atomic E-state index is 0. The molecule has 0 fully saturated rings. The molecule has 0 aliphatic rings. The van der Waals surface area contributed by atoms with Gasteiger partial charge < -0.3 is 12.4 Å². The summed E-state index contributed by atoms with van der Waals surface area (Å²) in [5, 5.41) is 21.5. The fraction of sp³-hybridized carbons (Fsp3) is 0. The van der Waals surface area contributed by atoms with Crippen LogP contribution in [-0.2, 0) is 0 Å². The van der Waals surface area contributed by atoms with Crippen molar-refractivity contribution in [1.29, 1.82) is 0 Å². The van der Waals surface area contributed by atoms with Gasteiger partial charge in [-0.2, -0.15) is 0 Å². The molecule has 9 heteroatoms. The quantitative estimate of drug-likeness (QED) is 0.193. The number of hydrogen-bond acceptors (Lipinski definition) is 4. The lowest BCUT2D eigenvalue weighted by molar-refractivity contribution is -0.659. The van der Waals surface area contributed by atoms with Crippen molar-refractivity contribution < 1.29 is 22.0 Å². The Labute approximate surface area is 180 Å². The summed E-state index contributed by atoms with van der Waals surface area (Å²) >= 11 is 2.27. The zero-order chi connectivity index (χ0) is 18.8. The first-order valence-corrected chi connectivity index (χ1v) is 9.13. The Bertz CT molecular complexity index is 1100. The van der Waals surface area contributed by atoms with Crippen molar-refractivity contribution in [2.45, 2.75) is 0 Å². The molecular formula is C19H13ClIN5O2. The van der Waals surface area contributed by atoms with Gasteiger partial charge in [-0.25, -0.2) is 0 Å². The standard InChI is InChI=1S/C19H12IN5O2.ClH/c20-15-8-4-14(5-9-15)19-17(13-6-10-16(11-7-13)25(26)27)2-1-3-18(19)24-12-21-22-23-24;/h1-12H;1H. The molecule has 7 nitrogen and oxygen atoms in total. The van der Waals surface area contributed by atoms with Crippen molar-refractivity contribution in [3.8, 4) is 27.9 Å². The summed E-state index contributed by atoms with van der Waals surface area (Å²) in [7, 11) is 0. The summed E-state index contributed by atoms with van der Waals surface area (Å²) < 4.78 is 2.88. The van der Waals surface area contributed by atoms with E-state index in [2.05, 4.69) is 50.2 Å². The highest BCUT2D eigenvalue weighted by molar-refractivity contribution is 14.1. The van der Waals surface area contributed by atoms with Crippen LogP contribution in [0.2, 0.25) is 0 Å². The van der Waals surface area contributed by atoms with E-state index < -0.39 is 4.92 Å². The number of tetrazole rings is 1. The van der Waals surface area contributed by atoms with Gasteiger partial charge in [-0.05, 0) is 69.6 Å². The van der Waals surface area contributed by atoms with Crippen LogP contribution in [-0.4, -0.2) is 20.4 Å². The van der Waals surface area contributed by atoms with E-state index in [9.17, 15) is 10.1 Å². The lowest BCUT2D eigenvalue weighted by Crippen LogP contribution is -3.00. The molecule has 0 atom stereocenters. The molecular weight excluding hydrogens is 493 g/mol. The maximum Gasteiger partial charge on any atom is 0.293 e. The highest BCUT2D eigenvalue weighted by Gasteiger charge is 2.18. The summed E-state index contributed by atoms with van der Waals surface area (Å²) in [5.41, 5.74) is 4.82. The van der Waals surface area contributed by atoms with Gasteiger partial charge in [0.2, 0.25) is 0 Å². The molecule has 0 aliphatic heterocycles. The van der Waals surface area contributed by atoms with E-state index in [0.29, 0.717) is 0 Å². The Hall–Kier alpha value is -2.85. The van der Waals surface area contributed by atoms with Gasteiger partial charge >= 0.3 is 0 Å². The Balaban J connectivity index is 0.00000225. The molecule has 1 aromatic heterocycles. The number of rotatable bonds is 4. The van der Waals surface area contributed by atoms with Crippen LogP contribution in [0.25, 0.3) is 27.9 Å². The van der Waals surface area contributed by atoms with Crippen molar-refractivity contribution >= 4 is 28.3 Å². The van der Waals surface area contributed by atoms with Crippen LogP contribution in [0, 0.1) is 13.7 Å². The van der Waals surface area contributed by atoms with Gasteiger partial charge in [0, 0.05) is 21.3 Å². The van der Waals surface area contributed by atoms with Gasteiger partial charge in [0.05, 0.1) is 4.92 Å². The normalized spacial score (nSPS) is 10.3. The minimum atomic E-state index is -0.396. The van der Waals surface area contributed by atoms with E-state index >= 15 is 0 Å². The fourth-order valence-electron chi connectivity index (χ4n) is 2.96. The number of aromatic nitrogens is 4. The van der Waals surface area contributed by atoms with Gasteiger partial charge in [0.1, 0.15) is 10.8 Å². The average molecular weight is 506 g/mol. The predicted molar refractivity (Wildman–Crippen MR) is 108 cm³/mol. The number of benzene rings is 3. The molecule has 28 heavy (non-hydrogen) atoms. The Morgan fingerprint density at radius 3 is 2.25 bits per heavy atom. The molecule has 1 heterocycles. The first kappa shape index (κ1) is 19.9. The van der Waals surface area contributed by atoms with Gasteiger partial charge in [0.25, 0.3) is 12.0 Å². The topological polar surface area (TPSA) is 88.6 Å². The van der Waals surface area contributed by atoms with Crippen molar-refractivity contribution in [1.82, 2.24) is 15.5 Å². The minimum Gasteiger partial charge on any atom is -1.00 e. The molecule has 1 N–H and O–H groups in total. The molecule has 0 amide bonds. The number of non-ortho nitro benzene ring substituents is 1. The van der Waals surface area contributed by atoms with Crippen LogP contribution in [0.4, 0.5) is 5.69 Å². The second-order valence-electron chi connectivity index (χ2n) is 5.81. The lowest BCUT2D eigenvalue weighted by atomic mass is 9.93. The predicted octanol–water partition coefficient (Wildman–Crippen LogP) is 0.932. The van der Waals surface area contributed by atoms with Crippen molar-refractivity contribution in [2.75, 3.05) is 0 Å². The molecule has 0 saturated carbocycles. The van der Waals surface area contributed by atoms with Crippen LogP contribution >= 0.6 is 22.6 Å². The van der Waals surface area contributed by atoms with E-state index in [1.807, 2.05) is 30.3 Å². The smallest absolute Gasteiger partial charge is 0.293 e. The molecule has 0 aliphatic carbocycles. The molecule has 4 aromatic rings. The summed E-state index contributed by atoms with van der Waals surface area (Å²) in [6, 6.07) is 20.7. The zero-order valence-electron chi connectivity index (χ0n) is 14.3. The van der Waals surface area contributed by atoms with E-state index in [4.69, 9.17) is 0 Å². The second-order valence-corrected chi connectivity index (χ2v) is 7.06. The van der Waals surface area contributed by atoms with Crippen LogP contribution in [0.3, 0.4) is 0 Å². The number of hydrogen-bond donors (Lipinski definition) is 1. The molecule has 140 valence electrons. The van der Waals surface area contributed by atoms with Crippen molar-refractivity contribution in [3.63, 3.8) is 0 Å². The number of nitro groups is 1. The van der Waals surface area contributed by atoms with Crippen LogP contribution in [0.1, 0.15) is 0 Å². The van der Waals surface area contributed by atoms with E-state index in [1.54, 1.807) is 23.1 Å². The van der Waals surface area contributed by atoms with Crippen LogP contribution in [0.15, 0.2) is 73.1 Å². The van der Waals surface area contributed by atoms with Gasteiger partial charge in [-0.3, -0.25) is 10.1 Å². The SMILES string of the molecule is O=[N+]([O-])c1ccc(-c2cccc(-[n+]3cnn[nH]3)c2-c2ccc(I)cc2)cc1.[Cl-]. The Kier molecular flexibility index (Phi) is 6.00. The Morgan fingerprint density at radius 2 is 1.64 bits per heavy atom. The molecule has 4 rings (SSSR count). The maximum atomic E-state index is 11.0. The summed E-state index contributed by atoms with van der Waals surface area (Å²) in [6.07, 6.45) is 1.60. The monoisotopic (exact) mass is 505 g/mol. The summed E-state index contributed by atoms with van der Waals surface area (Å²) in [5.74, 6) is 0. The number of H-pyrrole nitrogens is 1. The first-order chi connectivity index (χ1) is 13.1. The summed E-state index contributed by atoms with van der Waals surface area (Å²) in [6.45, 7) is 0. The number of nitrogens with zero attached hydrogens (tertiary/aromatic N) is 4. The van der Waals surface area contributed by atoms with Gasteiger partial charge in [-0.1, -0.05) is 29.5 Å². The maximum absolute atomic E-state index is 11.0. The molecule has 0 bridgehead atoms. The van der Waals surface area contributed by atoms with Crippen LogP contribution in [0.5, 0.6) is 0 Å². The van der Waals surface area contributed by atoms with Gasteiger partial charge in [0.15, 0.2) is 5.21 Å². The average Bonchev–Trinajstić information content (AvgIpc) is 3.23. The van der Waals surface area contributed by atoms with E-state index in [1.165, 1.54) is 12.1 Å². The first-order valence-electron chi connectivity index (χ1n) is 8.05. The third-order valence-electron chi connectivity index (χ3n) is 4.20. The van der Waals surface area contributed by atoms with Crippen molar-refractivity contribution in [2.24, 2.45) is 0 Å². The molecule has 0 unspecified atom stereocenters. The number of nitrogens with one attached hydrogen (secondary N) is 1. The molecule has 0 saturated heterocycles. The lowest BCUT2D eigenvalue weighted by Gasteiger charge is -2.13. The number of aromatic amines is 1. The van der Waals surface area contributed by atoms with Gasteiger partial charge in [-0.15, -0.1) is 4.68 Å². The highest BCUT2D eigenvalue weighted by atomic mass is 127. The number of halogens is 2. The summed E-state index contributed by atoms with van der Waals surface area (Å²) in [4.78, 5) is 10.6. The number of nitro benzene ring substituents is 1. The zero-order valence-corrected chi connectivity index (χ0v) is 17.2.